The van der Waals surface area contributed by atoms with Gasteiger partial charge in [0.05, 0.1) is 35.9 Å². The third-order valence-electron chi connectivity index (χ3n) is 5.79. The summed E-state index contributed by atoms with van der Waals surface area (Å²) in [7, 11) is 1.51. The van der Waals surface area contributed by atoms with Gasteiger partial charge in [0.1, 0.15) is 29.7 Å². The zero-order valence-corrected chi connectivity index (χ0v) is 17.9. The minimum atomic E-state index is -1.63. The summed E-state index contributed by atoms with van der Waals surface area (Å²) in [5.41, 5.74) is 1.55. The lowest BCUT2D eigenvalue weighted by atomic mass is 9.87. The second-order valence-corrected chi connectivity index (χ2v) is 8.49. The van der Waals surface area contributed by atoms with E-state index in [9.17, 15) is 15.3 Å². The second kappa shape index (κ2) is 8.25. The van der Waals surface area contributed by atoms with Crippen LogP contribution < -0.4 is 10.8 Å². The summed E-state index contributed by atoms with van der Waals surface area (Å²) in [4.78, 5) is 11.1. The first kappa shape index (κ1) is 21.8. The fourth-order valence-corrected chi connectivity index (χ4v) is 4.47. The number of aliphatic hydroxyl groups is 3. The summed E-state index contributed by atoms with van der Waals surface area (Å²) >= 11 is 12.1. The maximum Gasteiger partial charge on any atom is 0.160 e. The normalized spacial score (nSPS) is 35.2. The fraction of sp³-hybridized carbons (Fsp3) is 0.526. The lowest BCUT2D eigenvalue weighted by Crippen LogP contribution is -2.57. The molecule has 1 aromatic carbocycles. The number of hydrogen-bond donors (Lipinski definition) is 5. The Morgan fingerprint density at radius 3 is 2.77 bits per heavy atom. The van der Waals surface area contributed by atoms with Crippen LogP contribution in [0.15, 0.2) is 35.5 Å². The molecule has 11 heteroatoms. The van der Waals surface area contributed by atoms with Gasteiger partial charge in [-0.3, -0.25) is 20.6 Å². The SMILES string of the molecule is CONC1=NCNC2C1C=CN2[C@@H]1O[C@H]([C@](C)(O)c2ccc(Cl)c(Cl)c2)[C@@H](O)[C@H]1O. The minimum absolute atomic E-state index is 0.152. The number of fused-ring (bicyclic) bond motifs is 1. The first-order valence-corrected chi connectivity index (χ1v) is 10.2. The van der Waals surface area contributed by atoms with Crippen LogP contribution in [0.2, 0.25) is 10.0 Å². The Bertz CT molecular complexity index is 867. The van der Waals surface area contributed by atoms with Crippen molar-refractivity contribution in [3.63, 3.8) is 0 Å². The van der Waals surface area contributed by atoms with Crippen molar-refractivity contribution in [1.82, 2.24) is 15.7 Å². The molecule has 0 bridgehead atoms. The molecule has 3 aliphatic heterocycles. The van der Waals surface area contributed by atoms with Crippen molar-refractivity contribution in [3.8, 4) is 0 Å². The van der Waals surface area contributed by atoms with Crippen molar-refractivity contribution in [3.05, 3.63) is 46.1 Å². The standard InChI is InChI=1S/C19H24Cl2N4O5/c1-19(28,9-3-4-11(20)12(21)7-9)15-13(26)14(27)18(30-15)25-6-5-10-16(24-29-2)22-8-23-17(10)25/h3-7,10,13-15,17-18,23,26-28H,8H2,1-2H3,(H,22,24)/t10?,13-,14+,15-,17?,18+,19+/m0/s1. The van der Waals surface area contributed by atoms with E-state index in [1.54, 1.807) is 23.2 Å². The van der Waals surface area contributed by atoms with E-state index in [0.29, 0.717) is 23.1 Å². The van der Waals surface area contributed by atoms with Crippen molar-refractivity contribution in [2.75, 3.05) is 13.8 Å². The summed E-state index contributed by atoms with van der Waals surface area (Å²) in [6, 6.07) is 4.69. The zero-order valence-electron chi connectivity index (χ0n) is 16.4. The molecule has 1 saturated heterocycles. The molecular formula is C19H24Cl2N4O5. The number of ether oxygens (including phenoxy) is 1. The number of aliphatic imine (C=N–C) groups is 1. The zero-order chi connectivity index (χ0) is 21.6. The highest BCUT2D eigenvalue weighted by Crippen LogP contribution is 2.40. The van der Waals surface area contributed by atoms with Gasteiger partial charge in [0, 0.05) is 6.20 Å². The monoisotopic (exact) mass is 458 g/mol. The molecule has 3 aliphatic rings. The molecule has 3 heterocycles. The Labute approximate surface area is 183 Å². The molecule has 7 atom stereocenters. The Morgan fingerprint density at radius 2 is 2.07 bits per heavy atom. The summed E-state index contributed by atoms with van der Waals surface area (Å²) in [5.74, 6) is 0.494. The highest BCUT2D eigenvalue weighted by Gasteiger charge is 2.55. The van der Waals surface area contributed by atoms with Crippen LogP contribution in [0, 0.1) is 5.92 Å². The van der Waals surface area contributed by atoms with E-state index in [0.717, 1.165) is 0 Å². The van der Waals surface area contributed by atoms with Gasteiger partial charge in [0.2, 0.25) is 0 Å². The van der Waals surface area contributed by atoms with E-state index >= 15 is 0 Å². The summed E-state index contributed by atoms with van der Waals surface area (Å²) < 4.78 is 6.02. The Hall–Kier alpha value is -1.43. The van der Waals surface area contributed by atoms with Gasteiger partial charge in [-0.2, -0.15) is 0 Å². The van der Waals surface area contributed by atoms with Crippen LogP contribution in [-0.2, 0) is 15.2 Å². The predicted molar refractivity (Wildman–Crippen MR) is 111 cm³/mol. The van der Waals surface area contributed by atoms with E-state index in [1.807, 2.05) is 6.08 Å². The van der Waals surface area contributed by atoms with Gasteiger partial charge >= 0.3 is 0 Å². The lowest BCUT2D eigenvalue weighted by molar-refractivity contribution is -0.151. The number of nitrogens with one attached hydrogen (secondary N) is 2. The molecule has 0 aliphatic carbocycles. The maximum atomic E-state index is 11.2. The quantitative estimate of drug-likeness (QED) is 0.414. The summed E-state index contributed by atoms with van der Waals surface area (Å²) in [6.07, 6.45) is -1.17. The smallest absolute Gasteiger partial charge is 0.160 e. The molecule has 0 amide bonds. The molecule has 1 fully saturated rings. The Balaban J connectivity index is 1.56. The van der Waals surface area contributed by atoms with Crippen LogP contribution in [0.3, 0.4) is 0 Å². The van der Waals surface area contributed by atoms with Gasteiger partial charge in [-0.15, -0.1) is 0 Å². The van der Waals surface area contributed by atoms with Crippen LogP contribution in [0.4, 0.5) is 0 Å². The third-order valence-corrected chi connectivity index (χ3v) is 6.53. The molecule has 0 saturated carbocycles. The Kier molecular flexibility index (Phi) is 5.99. The first-order valence-electron chi connectivity index (χ1n) is 9.47. The molecule has 164 valence electrons. The number of benzene rings is 1. The molecule has 2 unspecified atom stereocenters. The number of hydrogen-bond acceptors (Lipinski definition) is 9. The molecule has 0 spiro atoms. The van der Waals surface area contributed by atoms with E-state index in [2.05, 4.69) is 15.8 Å². The van der Waals surface area contributed by atoms with Crippen molar-refractivity contribution in [2.24, 2.45) is 10.9 Å². The molecular weight excluding hydrogens is 435 g/mol. The molecule has 5 N–H and O–H groups in total. The highest BCUT2D eigenvalue weighted by molar-refractivity contribution is 6.42. The van der Waals surface area contributed by atoms with Gasteiger partial charge in [0.25, 0.3) is 0 Å². The number of rotatable bonds is 4. The van der Waals surface area contributed by atoms with Crippen LogP contribution in [-0.4, -0.2) is 70.5 Å². The topological polar surface area (TPSA) is 119 Å². The average Bonchev–Trinajstić information content (AvgIpc) is 3.27. The van der Waals surface area contributed by atoms with Gasteiger partial charge < -0.3 is 25.0 Å². The predicted octanol–water partition coefficient (Wildman–Crippen LogP) is 0.529. The minimum Gasteiger partial charge on any atom is -0.387 e. The van der Waals surface area contributed by atoms with Crippen molar-refractivity contribution in [2.45, 2.75) is 43.2 Å². The first-order chi connectivity index (χ1) is 14.3. The van der Waals surface area contributed by atoms with Gasteiger partial charge in [-0.25, -0.2) is 0 Å². The number of nitrogens with zero attached hydrogens (tertiary/aromatic N) is 2. The van der Waals surface area contributed by atoms with E-state index in [1.165, 1.54) is 20.1 Å². The Morgan fingerprint density at radius 1 is 1.30 bits per heavy atom. The molecule has 30 heavy (non-hydrogen) atoms. The van der Waals surface area contributed by atoms with Crippen molar-refractivity contribution >= 4 is 29.0 Å². The maximum absolute atomic E-state index is 11.2. The van der Waals surface area contributed by atoms with Crippen molar-refractivity contribution < 1.29 is 24.9 Å². The van der Waals surface area contributed by atoms with Gasteiger partial charge in [-0.1, -0.05) is 35.3 Å². The molecule has 4 rings (SSSR count). The molecule has 9 nitrogen and oxygen atoms in total. The summed E-state index contributed by atoms with van der Waals surface area (Å²) in [6.45, 7) is 1.85. The summed E-state index contributed by atoms with van der Waals surface area (Å²) in [5, 5.41) is 36.5. The average molecular weight is 459 g/mol. The second-order valence-electron chi connectivity index (χ2n) is 7.68. The van der Waals surface area contributed by atoms with Crippen molar-refractivity contribution in [1.29, 1.82) is 0 Å². The van der Waals surface area contributed by atoms with Crippen LogP contribution in [0.5, 0.6) is 0 Å². The van der Waals surface area contributed by atoms with Crippen LogP contribution >= 0.6 is 23.2 Å². The number of amidine groups is 1. The number of aliphatic hydroxyl groups excluding tert-OH is 2. The third kappa shape index (κ3) is 3.59. The van der Waals surface area contributed by atoms with E-state index in [-0.39, 0.29) is 17.1 Å². The van der Waals surface area contributed by atoms with E-state index < -0.39 is 30.1 Å². The highest BCUT2D eigenvalue weighted by atomic mass is 35.5. The largest absolute Gasteiger partial charge is 0.387 e. The molecule has 1 aromatic rings. The van der Waals surface area contributed by atoms with E-state index in [4.69, 9.17) is 32.8 Å². The number of halogens is 2. The lowest BCUT2D eigenvalue weighted by Gasteiger charge is -2.38. The fourth-order valence-electron chi connectivity index (χ4n) is 4.17. The number of hydroxylamine groups is 1. The van der Waals surface area contributed by atoms with Crippen LogP contribution in [0.1, 0.15) is 12.5 Å². The van der Waals surface area contributed by atoms with Crippen LogP contribution in [0.25, 0.3) is 0 Å². The van der Waals surface area contributed by atoms with Gasteiger partial charge in [0.15, 0.2) is 6.23 Å². The van der Waals surface area contributed by atoms with Gasteiger partial charge in [-0.05, 0) is 24.6 Å². The molecule has 0 aromatic heterocycles. The molecule has 0 radical (unpaired) electrons.